The number of rotatable bonds is 10. The number of likely N-dealkylation sites (N-methyl/N-ethyl adjacent to an activating group) is 2. The lowest BCUT2D eigenvalue weighted by atomic mass is 10.1. The molecule has 0 fully saturated rings. The molecule has 0 atom stereocenters. The van der Waals surface area contributed by atoms with Crippen LogP contribution >= 0.6 is 11.6 Å². The number of carbonyl (C=O) groups excluding carboxylic acids is 2. The van der Waals surface area contributed by atoms with Gasteiger partial charge in [-0.2, -0.15) is 9.57 Å². The Bertz CT molecular complexity index is 1450. The van der Waals surface area contributed by atoms with Crippen LogP contribution < -0.4 is 0 Å². The molecule has 1 aliphatic heterocycles. The van der Waals surface area contributed by atoms with Crippen molar-refractivity contribution in [3.63, 3.8) is 0 Å². The van der Waals surface area contributed by atoms with Crippen LogP contribution in [0.3, 0.4) is 0 Å². The Kier molecular flexibility index (Phi) is 10.5. The standard InChI is InChI=1S/C28H34ClN5O6S/c1-28(2,3)40-27(36)34-13-12-31-26(34)22-9-6-20(7-10-22)18-32(4)25(35)19-39-15-14-33(5)41(37,38)24-11-8-21(17-30)16-23(24)29/h6-11,16H,12-15,18-19H2,1-5H3. The Morgan fingerprint density at radius 3 is 2.44 bits per heavy atom. The van der Waals surface area contributed by atoms with Gasteiger partial charge in [-0.05, 0) is 44.5 Å². The number of nitriles is 1. The van der Waals surface area contributed by atoms with Crippen LogP contribution in [0.5, 0.6) is 0 Å². The SMILES string of the molecule is CN(Cc1ccc(C2=NCCN2C(=O)OC(C)(C)C)cc1)C(=O)COCCN(C)S(=O)(=O)c1ccc(C#N)cc1Cl. The zero-order valence-corrected chi connectivity index (χ0v) is 25.3. The molecule has 1 aliphatic rings. The highest BCUT2D eigenvalue weighted by molar-refractivity contribution is 7.89. The summed E-state index contributed by atoms with van der Waals surface area (Å²) in [6.45, 7) is 6.50. The molecule has 2 aromatic rings. The molecule has 220 valence electrons. The quantitative estimate of drug-likeness (QED) is 0.380. The first-order chi connectivity index (χ1) is 19.2. The summed E-state index contributed by atoms with van der Waals surface area (Å²) >= 11 is 6.06. The smallest absolute Gasteiger partial charge is 0.416 e. The molecule has 0 saturated heterocycles. The highest BCUT2D eigenvalue weighted by Crippen LogP contribution is 2.25. The maximum Gasteiger partial charge on any atom is 0.416 e. The molecule has 0 bridgehead atoms. The Balaban J connectivity index is 1.48. The van der Waals surface area contributed by atoms with E-state index in [0.717, 1.165) is 15.4 Å². The fourth-order valence-corrected chi connectivity index (χ4v) is 5.51. The van der Waals surface area contributed by atoms with Crippen molar-refractivity contribution in [1.82, 2.24) is 14.1 Å². The minimum atomic E-state index is -3.90. The number of carbonyl (C=O) groups is 2. The van der Waals surface area contributed by atoms with Crippen LogP contribution in [0.1, 0.15) is 37.5 Å². The lowest BCUT2D eigenvalue weighted by molar-refractivity contribution is -0.135. The predicted molar refractivity (Wildman–Crippen MR) is 154 cm³/mol. The van der Waals surface area contributed by atoms with Gasteiger partial charge in [0.25, 0.3) is 0 Å². The Morgan fingerprint density at radius 2 is 1.83 bits per heavy atom. The van der Waals surface area contributed by atoms with Gasteiger partial charge in [-0.25, -0.2) is 13.2 Å². The molecular formula is C28H34ClN5O6S. The molecule has 0 unspecified atom stereocenters. The summed E-state index contributed by atoms with van der Waals surface area (Å²) in [5.41, 5.74) is 1.29. The maximum absolute atomic E-state index is 12.8. The van der Waals surface area contributed by atoms with Crippen LogP contribution in [0.25, 0.3) is 0 Å². The van der Waals surface area contributed by atoms with E-state index >= 15 is 0 Å². The second-order valence-electron chi connectivity index (χ2n) is 10.4. The molecule has 13 heteroatoms. The van der Waals surface area contributed by atoms with Crippen LogP contribution in [0.4, 0.5) is 4.79 Å². The number of sulfonamides is 1. The molecule has 0 saturated carbocycles. The van der Waals surface area contributed by atoms with Crippen molar-refractivity contribution in [3.05, 3.63) is 64.2 Å². The number of ether oxygens (including phenoxy) is 2. The minimum Gasteiger partial charge on any atom is -0.443 e. The molecular weight excluding hydrogens is 570 g/mol. The second kappa shape index (κ2) is 13.4. The summed E-state index contributed by atoms with van der Waals surface area (Å²) in [7, 11) is -0.868. The molecule has 11 nitrogen and oxygen atoms in total. The first-order valence-corrected chi connectivity index (χ1v) is 14.7. The highest BCUT2D eigenvalue weighted by Gasteiger charge is 2.29. The third kappa shape index (κ3) is 8.50. The van der Waals surface area contributed by atoms with Crippen molar-refractivity contribution in [2.75, 3.05) is 46.9 Å². The fraction of sp³-hybridized carbons (Fsp3) is 0.429. The topological polar surface area (TPSA) is 133 Å². The van der Waals surface area contributed by atoms with E-state index in [4.69, 9.17) is 26.3 Å². The molecule has 0 radical (unpaired) electrons. The molecule has 2 amide bonds. The molecule has 0 aliphatic carbocycles. The van der Waals surface area contributed by atoms with Gasteiger partial charge in [0, 0.05) is 32.7 Å². The van der Waals surface area contributed by atoms with Gasteiger partial charge in [-0.3, -0.25) is 14.7 Å². The molecule has 41 heavy (non-hydrogen) atoms. The van der Waals surface area contributed by atoms with Crippen molar-refractivity contribution in [2.45, 2.75) is 37.8 Å². The van der Waals surface area contributed by atoms with E-state index < -0.39 is 21.7 Å². The van der Waals surface area contributed by atoms with Gasteiger partial charge in [0.1, 0.15) is 22.9 Å². The van der Waals surface area contributed by atoms with Crippen molar-refractivity contribution < 1.29 is 27.5 Å². The number of benzene rings is 2. The van der Waals surface area contributed by atoms with Crippen LogP contribution in [0, 0.1) is 11.3 Å². The Morgan fingerprint density at radius 1 is 1.15 bits per heavy atom. The van der Waals surface area contributed by atoms with Crippen LogP contribution in [0.2, 0.25) is 5.02 Å². The van der Waals surface area contributed by atoms with Gasteiger partial charge in [0.15, 0.2) is 0 Å². The second-order valence-corrected chi connectivity index (χ2v) is 12.8. The number of halogens is 1. The number of hydrogen-bond acceptors (Lipinski definition) is 8. The molecule has 0 aromatic heterocycles. The first-order valence-electron chi connectivity index (χ1n) is 12.8. The lowest BCUT2D eigenvalue weighted by Gasteiger charge is -2.25. The highest BCUT2D eigenvalue weighted by atomic mass is 35.5. The van der Waals surface area contributed by atoms with Gasteiger partial charge < -0.3 is 14.4 Å². The third-order valence-corrected chi connectivity index (χ3v) is 8.38. The molecule has 1 heterocycles. The van der Waals surface area contributed by atoms with Crippen molar-refractivity contribution in [1.29, 1.82) is 5.26 Å². The Hall–Kier alpha value is -3.50. The molecule has 0 spiro atoms. The fourth-order valence-electron chi connectivity index (χ4n) is 3.84. The van der Waals surface area contributed by atoms with E-state index in [-0.39, 0.29) is 41.1 Å². The zero-order chi connectivity index (χ0) is 30.4. The number of hydrogen-bond donors (Lipinski definition) is 0. The van der Waals surface area contributed by atoms with Gasteiger partial charge in [0.05, 0.1) is 36.4 Å². The van der Waals surface area contributed by atoms with Crippen molar-refractivity contribution >= 4 is 39.5 Å². The average Bonchev–Trinajstić information content (AvgIpc) is 3.40. The van der Waals surface area contributed by atoms with E-state index in [1.807, 2.05) is 51.1 Å². The van der Waals surface area contributed by atoms with Crippen molar-refractivity contribution in [3.8, 4) is 6.07 Å². The van der Waals surface area contributed by atoms with Gasteiger partial charge in [-0.15, -0.1) is 0 Å². The third-order valence-electron chi connectivity index (χ3n) is 6.04. The summed E-state index contributed by atoms with van der Waals surface area (Å²) in [5.74, 6) is 0.281. The van der Waals surface area contributed by atoms with Crippen LogP contribution in [-0.4, -0.2) is 92.9 Å². The summed E-state index contributed by atoms with van der Waals surface area (Å²) in [6, 6.07) is 13.3. The number of nitrogens with zero attached hydrogens (tertiary/aromatic N) is 5. The average molecular weight is 604 g/mol. The summed E-state index contributed by atoms with van der Waals surface area (Å²) in [4.78, 5) is 32.5. The summed E-state index contributed by atoms with van der Waals surface area (Å²) in [5, 5.41) is 8.90. The first kappa shape index (κ1) is 32.0. The summed E-state index contributed by atoms with van der Waals surface area (Å²) < 4.78 is 37.6. The zero-order valence-electron chi connectivity index (χ0n) is 23.8. The van der Waals surface area contributed by atoms with Gasteiger partial charge in [0.2, 0.25) is 15.9 Å². The van der Waals surface area contributed by atoms with E-state index in [1.165, 1.54) is 35.0 Å². The lowest BCUT2D eigenvalue weighted by Crippen LogP contribution is -2.39. The largest absolute Gasteiger partial charge is 0.443 e. The summed E-state index contributed by atoms with van der Waals surface area (Å²) in [6.07, 6.45) is -0.440. The van der Waals surface area contributed by atoms with Gasteiger partial charge >= 0.3 is 6.09 Å². The predicted octanol–water partition coefficient (Wildman–Crippen LogP) is 3.50. The Labute approximate surface area is 246 Å². The monoisotopic (exact) mass is 603 g/mol. The minimum absolute atomic E-state index is 0.00131. The number of amides is 2. The van der Waals surface area contributed by atoms with E-state index in [1.54, 1.807) is 7.05 Å². The van der Waals surface area contributed by atoms with E-state index in [2.05, 4.69) is 4.99 Å². The van der Waals surface area contributed by atoms with Crippen LogP contribution in [-0.2, 0) is 30.8 Å². The van der Waals surface area contributed by atoms with E-state index in [9.17, 15) is 18.0 Å². The molecule has 0 N–H and O–H groups in total. The molecule has 3 rings (SSSR count). The normalized spacial score (nSPS) is 13.6. The molecule has 2 aromatic carbocycles. The maximum atomic E-state index is 12.8. The number of amidine groups is 1. The van der Waals surface area contributed by atoms with Crippen molar-refractivity contribution in [2.24, 2.45) is 4.99 Å². The van der Waals surface area contributed by atoms with Crippen LogP contribution in [0.15, 0.2) is 52.4 Å². The van der Waals surface area contributed by atoms with Gasteiger partial charge in [-0.1, -0.05) is 35.9 Å². The van der Waals surface area contributed by atoms with E-state index in [0.29, 0.717) is 25.5 Å². The number of aliphatic imine (C=N–C) groups is 1.